The Balaban J connectivity index is 1.78. The van der Waals surface area contributed by atoms with Crippen molar-refractivity contribution in [3.05, 3.63) is 34.9 Å². The van der Waals surface area contributed by atoms with Gasteiger partial charge in [0, 0.05) is 24.7 Å². The molecule has 0 aromatic heterocycles. The van der Waals surface area contributed by atoms with Crippen molar-refractivity contribution in [1.29, 1.82) is 0 Å². The zero-order chi connectivity index (χ0) is 14.5. The number of aliphatic hydroxyl groups excluding tert-OH is 1. The van der Waals surface area contributed by atoms with Gasteiger partial charge >= 0.3 is 12.1 Å². The summed E-state index contributed by atoms with van der Waals surface area (Å²) in [7, 11) is 0. The molecule has 7 heteroatoms. The summed E-state index contributed by atoms with van der Waals surface area (Å²) in [5.74, 6) is 0. The van der Waals surface area contributed by atoms with E-state index in [2.05, 4.69) is 10.6 Å². The summed E-state index contributed by atoms with van der Waals surface area (Å²) in [6.07, 6.45) is -0.358. The fourth-order valence-electron chi connectivity index (χ4n) is 1.96. The number of imide groups is 1. The minimum Gasteiger partial charge on any atom is -0.388 e. The van der Waals surface area contributed by atoms with Crippen molar-refractivity contribution in [2.75, 3.05) is 19.6 Å². The largest absolute Gasteiger partial charge is 0.388 e. The first-order valence-corrected chi connectivity index (χ1v) is 6.72. The SMILES string of the molecule is O=C(NCC[C@@H](O)c1cccc(Cl)c1)N1CCNC1=O. The molecular formula is C13H16ClN3O3. The molecule has 6 nitrogen and oxygen atoms in total. The molecule has 108 valence electrons. The summed E-state index contributed by atoms with van der Waals surface area (Å²) < 4.78 is 0. The van der Waals surface area contributed by atoms with Gasteiger partial charge in [-0.15, -0.1) is 0 Å². The van der Waals surface area contributed by atoms with Gasteiger partial charge in [-0.25, -0.2) is 14.5 Å². The van der Waals surface area contributed by atoms with E-state index in [0.29, 0.717) is 30.1 Å². The number of nitrogens with one attached hydrogen (secondary N) is 2. The molecule has 20 heavy (non-hydrogen) atoms. The van der Waals surface area contributed by atoms with Crippen molar-refractivity contribution in [3.63, 3.8) is 0 Å². The van der Waals surface area contributed by atoms with Gasteiger partial charge in [0.25, 0.3) is 0 Å². The Labute approximate surface area is 121 Å². The van der Waals surface area contributed by atoms with Gasteiger partial charge in [-0.3, -0.25) is 0 Å². The zero-order valence-corrected chi connectivity index (χ0v) is 11.6. The molecule has 0 spiro atoms. The Morgan fingerprint density at radius 1 is 1.55 bits per heavy atom. The first-order chi connectivity index (χ1) is 9.58. The second-order valence-corrected chi connectivity index (χ2v) is 4.91. The van der Waals surface area contributed by atoms with Crippen LogP contribution in [0.15, 0.2) is 24.3 Å². The molecule has 1 aliphatic heterocycles. The highest BCUT2D eigenvalue weighted by Gasteiger charge is 2.25. The van der Waals surface area contributed by atoms with E-state index >= 15 is 0 Å². The molecule has 2 rings (SSSR count). The van der Waals surface area contributed by atoms with Gasteiger partial charge in [0.2, 0.25) is 0 Å². The van der Waals surface area contributed by atoms with Crippen molar-refractivity contribution in [3.8, 4) is 0 Å². The van der Waals surface area contributed by atoms with Gasteiger partial charge in [-0.1, -0.05) is 23.7 Å². The van der Waals surface area contributed by atoms with E-state index in [4.69, 9.17) is 11.6 Å². The van der Waals surface area contributed by atoms with Crippen LogP contribution >= 0.6 is 11.6 Å². The Kier molecular flexibility index (Phi) is 4.81. The highest BCUT2D eigenvalue weighted by molar-refractivity contribution is 6.30. The normalized spacial score (nSPS) is 15.9. The average molecular weight is 298 g/mol. The van der Waals surface area contributed by atoms with Crippen molar-refractivity contribution in [2.24, 2.45) is 0 Å². The lowest BCUT2D eigenvalue weighted by molar-refractivity contribution is 0.164. The van der Waals surface area contributed by atoms with E-state index < -0.39 is 18.2 Å². The fourth-order valence-corrected chi connectivity index (χ4v) is 2.16. The predicted octanol–water partition coefficient (Wildman–Crippen LogP) is 1.50. The maximum Gasteiger partial charge on any atom is 0.325 e. The number of urea groups is 2. The molecule has 1 atom stereocenters. The summed E-state index contributed by atoms with van der Waals surface area (Å²) in [6, 6.07) is 6.10. The molecule has 3 N–H and O–H groups in total. The monoisotopic (exact) mass is 297 g/mol. The van der Waals surface area contributed by atoms with Gasteiger partial charge in [-0.05, 0) is 24.1 Å². The van der Waals surface area contributed by atoms with Crippen molar-refractivity contribution < 1.29 is 14.7 Å². The van der Waals surface area contributed by atoms with Crippen molar-refractivity contribution in [1.82, 2.24) is 15.5 Å². The number of rotatable bonds is 4. The Morgan fingerprint density at radius 3 is 3.00 bits per heavy atom. The minimum atomic E-state index is -0.707. The molecule has 0 aliphatic carbocycles. The summed E-state index contributed by atoms with van der Waals surface area (Å²) >= 11 is 5.84. The molecule has 1 saturated heterocycles. The molecule has 1 fully saturated rings. The van der Waals surface area contributed by atoms with Crippen LogP contribution < -0.4 is 10.6 Å². The van der Waals surface area contributed by atoms with Gasteiger partial charge in [0.1, 0.15) is 0 Å². The number of hydrogen-bond acceptors (Lipinski definition) is 3. The molecule has 4 amide bonds. The van der Waals surface area contributed by atoms with Crippen LogP contribution in [0.4, 0.5) is 9.59 Å². The molecule has 0 saturated carbocycles. The van der Waals surface area contributed by atoms with Crippen LogP contribution in [0.3, 0.4) is 0 Å². The zero-order valence-electron chi connectivity index (χ0n) is 10.8. The first-order valence-electron chi connectivity index (χ1n) is 6.34. The summed E-state index contributed by atoms with van der Waals surface area (Å²) in [5.41, 5.74) is 0.700. The third-order valence-electron chi connectivity index (χ3n) is 3.03. The number of carbonyl (C=O) groups excluding carboxylic acids is 2. The summed E-state index contributed by atoms with van der Waals surface area (Å²) in [5, 5.41) is 15.7. The van der Waals surface area contributed by atoms with Crippen molar-refractivity contribution in [2.45, 2.75) is 12.5 Å². The van der Waals surface area contributed by atoms with Crippen molar-refractivity contribution >= 4 is 23.7 Å². The molecule has 1 aliphatic rings. The molecular weight excluding hydrogens is 282 g/mol. The Morgan fingerprint density at radius 2 is 2.35 bits per heavy atom. The Bertz CT molecular complexity index is 509. The summed E-state index contributed by atoms with van der Waals surface area (Å²) in [6.45, 7) is 1.11. The van der Waals surface area contributed by atoms with E-state index in [1.807, 2.05) is 0 Å². The van der Waals surface area contributed by atoms with E-state index in [1.165, 1.54) is 0 Å². The first kappa shape index (κ1) is 14.6. The number of amides is 4. The third-order valence-corrected chi connectivity index (χ3v) is 3.26. The van der Waals surface area contributed by atoms with E-state index in [0.717, 1.165) is 4.90 Å². The van der Waals surface area contributed by atoms with Gasteiger partial charge < -0.3 is 15.7 Å². The fraction of sp³-hybridized carbons (Fsp3) is 0.385. The quantitative estimate of drug-likeness (QED) is 0.787. The maximum atomic E-state index is 11.7. The standard InChI is InChI=1S/C13H16ClN3O3/c14-10-3-1-2-9(8-10)11(18)4-5-15-12(19)17-7-6-16-13(17)20/h1-3,8,11,18H,4-7H2,(H,15,19)(H,16,20)/t11-/m1/s1. The van der Waals surface area contributed by atoms with E-state index in [1.54, 1.807) is 24.3 Å². The highest BCUT2D eigenvalue weighted by Crippen LogP contribution is 2.19. The topological polar surface area (TPSA) is 81.7 Å². The number of hydrogen-bond donors (Lipinski definition) is 3. The lowest BCUT2D eigenvalue weighted by Crippen LogP contribution is -2.42. The maximum absolute atomic E-state index is 11.7. The number of nitrogens with zero attached hydrogens (tertiary/aromatic N) is 1. The smallest absolute Gasteiger partial charge is 0.325 e. The third kappa shape index (κ3) is 3.61. The van der Waals surface area contributed by atoms with Crippen LogP contribution in [-0.4, -0.2) is 41.7 Å². The minimum absolute atomic E-state index is 0.274. The summed E-state index contributed by atoms with van der Waals surface area (Å²) in [4.78, 5) is 24.0. The van der Waals surface area contributed by atoms with E-state index in [-0.39, 0.29) is 6.54 Å². The molecule has 1 heterocycles. The molecule has 0 unspecified atom stereocenters. The van der Waals surface area contributed by atoms with Crippen LogP contribution in [0.5, 0.6) is 0 Å². The molecule has 0 bridgehead atoms. The van der Waals surface area contributed by atoms with E-state index in [9.17, 15) is 14.7 Å². The number of carbonyl (C=O) groups is 2. The van der Waals surface area contributed by atoms with Crippen LogP contribution in [0.2, 0.25) is 5.02 Å². The van der Waals surface area contributed by atoms with Crippen LogP contribution in [-0.2, 0) is 0 Å². The number of benzene rings is 1. The predicted molar refractivity (Wildman–Crippen MR) is 74.5 cm³/mol. The van der Waals surface area contributed by atoms with Gasteiger partial charge in [0.05, 0.1) is 6.10 Å². The Hall–Kier alpha value is -1.79. The second-order valence-electron chi connectivity index (χ2n) is 4.47. The molecule has 1 aromatic carbocycles. The second kappa shape index (κ2) is 6.58. The highest BCUT2D eigenvalue weighted by atomic mass is 35.5. The van der Waals surface area contributed by atoms with Gasteiger partial charge in [-0.2, -0.15) is 0 Å². The number of aliphatic hydroxyl groups is 1. The molecule has 1 aromatic rings. The molecule has 0 radical (unpaired) electrons. The van der Waals surface area contributed by atoms with Crippen LogP contribution in [0, 0.1) is 0 Å². The van der Waals surface area contributed by atoms with Gasteiger partial charge in [0.15, 0.2) is 0 Å². The van der Waals surface area contributed by atoms with Crippen LogP contribution in [0.1, 0.15) is 18.1 Å². The van der Waals surface area contributed by atoms with Crippen LogP contribution in [0.25, 0.3) is 0 Å². The average Bonchev–Trinajstić information content (AvgIpc) is 2.85. The lowest BCUT2D eigenvalue weighted by atomic mass is 10.1. The number of halogens is 1. The lowest BCUT2D eigenvalue weighted by Gasteiger charge is -2.15.